The number of phenolic OH excluding ortho intramolecular Hbond substituents is 1. The number of carbonyl (C=O) groups excluding carboxylic acids is 2. The lowest BCUT2D eigenvalue weighted by Gasteiger charge is -2.28. The predicted molar refractivity (Wildman–Crippen MR) is 92.4 cm³/mol. The van der Waals surface area contributed by atoms with Gasteiger partial charge in [-0.15, -0.1) is 0 Å². The Balaban J connectivity index is 2.03. The first-order chi connectivity index (χ1) is 12.1. The molecule has 1 aliphatic heterocycles. The number of aromatic hydroxyl groups is 1. The molecule has 1 heterocycles. The number of hydrogen-bond donors (Lipinski definition) is 2. The maximum absolute atomic E-state index is 13.6. The summed E-state index contributed by atoms with van der Waals surface area (Å²) < 4.78 is 24.0. The van der Waals surface area contributed by atoms with Gasteiger partial charge in [0.15, 0.2) is 11.6 Å². The van der Waals surface area contributed by atoms with E-state index in [9.17, 15) is 19.1 Å². The molecule has 1 aromatic carbocycles. The zero-order valence-electron chi connectivity index (χ0n) is 15.5. The van der Waals surface area contributed by atoms with Crippen LogP contribution in [0.4, 0.5) is 9.18 Å². The molecule has 7 nitrogen and oxygen atoms in total. The lowest BCUT2D eigenvalue weighted by Crippen LogP contribution is -2.47. The molecule has 1 saturated heterocycles. The van der Waals surface area contributed by atoms with Gasteiger partial charge in [-0.05, 0) is 39.7 Å². The van der Waals surface area contributed by atoms with Gasteiger partial charge in [0, 0.05) is 24.7 Å². The average molecular weight is 368 g/mol. The fourth-order valence-electron chi connectivity index (χ4n) is 2.79. The van der Waals surface area contributed by atoms with Gasteiger partial charge in [0.2, 0.25) is 5.91 Å². The number of carbonyl (C=O) groups is 2. The molecule has 0 bridgehead atoms. The number of rotatable bonds is 4. The van der Waals surface area contributed by atoms with Crippen LogP contribution in [0.25, 0.3) is 0 Å². The average Bonchev–Trinajstić information content (AvgIpc) is 3.03. The van der Waals surface area contributed by atoms with Crippen molar-refractivity contribution in [3.05, 3.63) is 23.5 Å². The molecular weight excluding hydrogens is 343 g/mol. The van der Waals surface area contributed by atoms with Crippen LogP contribution in [0.5, 0.6) is 11.5 Å². The molecule has 144 valence electrons. The lowest BCUT2D eigenvalue weighted by molar-refractivity contribution is -0.125. The van der Waals surface area contributed by atoms with Gasteiger partial charge in [0.05, 0.1) is 7.11 Å². The maximum atomic E-state index is 13.6. The van der Waals surface area contributed by atoms with Crippen molar-refractivity contribution in [2.45, 2.75) is 51.8 Å². The summed E-state index contributed by atoms with van der Waals surface area (Å²) in [6.07, 6.45) is 0.712. The van der Waals surface area contributed by atoms with Crippen molar-refractivity contribution >= 4 is 12.0 Å². The minimum atomic E-state index is -0.800. The minimum Gasteiger partial charge on any atom is -0.505 e. The number of ether oxygens (including phenoxy) is 2. The third kappa shape index (κ3) is 4.77. The summed E-state index contributed by atoms with van der Waals surface area (Å²) >= 11 is 0. The third-order valence-corrected chi connectivity index (χ3v) is 3.99. The Hall–Kier alpha value is -2.51. The third-order valence-electron chi connectivity index (χ3n) is 3.99. The van der Waals surface area contributed by atoms with Crippen molar-refractivity contribution in [3.63, 3.8) is 0 Å². The predicted octanol–water partition coefficient (Wildman–Crippen LogP) is 2.56. The lowest BCUT2D eigenvalue weighted by atomic mass is 10.1. The van der Waals surface area contributed by atoms with Crippen molar-refractivity contribution in [1.82, 2.24) is 10.2 Å². The molecule has 1 fully saturated rings. The number of methoxy groups -OCH3 is 1. The normalized spacial score (nSPS) is 17.1. The Labute approximate surface area is 152 Å². The first-order valence-electron chi connectivity index (χ1n) is 8.45. The van der Waals surface area contributed by atoms with E-state index in [1.165, 1.54) is 12.0 Å². The Bertz CT molecular complexity index is 687. The second kappa shape index (κ2) is 7.80. The molecule has 2 rings (SSSR count). The molecule has 8 heteroatoms. The SMILES string of the molecule is COc1cc(O)c(F)cc1CNC(=O)[C@@H]1CCCN1C(=O)OC(C)(C)C. The van der Waals surface area contributed by atoms with Gasteiger partial charge < -0.3 is 19.9 Å². The van der Waals surface area contributed by atoms with E-state index < -0.39 is 29.3 Å². The minimum absolute atomic E-state index is 0.0118. The number of nitrogens with one attached hydrogen (secondary N) is 1. The summed E-state index contributed by atoms with van der Waals surface area (Å²) in [4.78, 5) is 26.2. The van der Waals surface area contributed by atoms with Gasteiger partial charge in [-0.2, -0.15) is 0 Å². The quantitative estimate of drug-likeness (QED) is 0.853. The number of hydrogen-bond acceptors (Lipinski definition) is 5. The molecule has 1 atom stereocenters. The van der Waals surface area contributed by atoms with Crippen LogP contribution in [0.2, 0.25) is 0 Å². The number of halogens is 1. The van der Waals surface area contributed by atoms with E-state index in [2.05, 4.69) is 5.32 Å². The largest absolute Gasteiger partial charge is 0.505 e. The van der Waals surface area contributed by atoms with Crippen LogP contribution < -0.4 is 10.1 Å². The van der Waals surface area contributed by atoms with Gasteiger partial charge in [-0.1, -0.05) is 0 Å². The Morgan fingerprint density at radius 2 is 2.08 bits per heavy atom. The summed E-state index contributed by atoms with van der Waals surface area (Å²) in [6, 6.07) is 1.63. The number of likely N-dealkylation sites (tertiary alicyclic amines) is 1. The van der Waals surface area contributed by atoms with Crippen LogP contribution >= 0.6 is 0 Å². The Morgan fingerprint density at radius 3 is 2.69 bits per heavy atom. The Kier molecular flexibility index (Phi) is 5.94. The molecule has 1 aliphatic rings. The molecule has 0 unspecified atom stereocenters. The number of amides is 2. The summed E-state index contributed by atoms with van der Waals surface area (Å²) in [5, 5.41) is 12.1. The number of benzene rings is 1. The van der Waals surface area contributed by atoms with Gasteiger partial charge >= 0.3 is 6.09 Å². The molecule has 0 aromatic heterocycles. The second-order valence-electron chi connectivity index (χ2n) is 7.17. The van der Waals surface area contributed by atoms with Crippen LogP contribution in [-0.4, -0.2) is 47.3 Å². The van der Waals surface area contributed by atoms with E-state index >= 15 is 0 Å². The summed E-state index contributed by atoms with van der Waals surface area (Å²) in [5.41, 5.74) is -0.254. The fraction of sp³-hybridized carbons (Fsp3) is 0.556. The van der Waals surface area contributed by atoms with E-state index in [0.717, 1.165) is 12.1 Å². The molecule has 2 N–H and O–H groups in total. The highest BCUT2D eigenvalue weighted by molar-refractivity contribution is 5.86. The molecule has 0 spiro atoms. The number of phenols is 1. The molecule has 0 saturated carbocycles. The Morgan fingerprint density at radius 1 is 1.38 bits per heavy atom. The van der Waals surface area contributed by atoms with Crippen LogP contribution in [0.15, 0.2) is 12.1 Å². The van der Waals surface area contributed by atoms with Gasteiger partial charge in [-0.3, -0.25) is 9.69 Å². The van der Waals surface area contributed by atoms with Crippen molar-refractivity contribution in [3.8, 4) is 11.5 Å². The molecule has 1 aromatic rings. The van der Waals surface area contributed by atoms with E-state index in [-0.39, 0.29) is 18.2 Å². The molecule has 26 heavy (non-hydrogen) atoms. The highest BCUT2D eigenvalue weighted by Crippen LogP contribution is 2.27. The van der Waals surface area contributed by atoms with E-state index in [1.54, 1.807) is 20.8 Å². The van der Waals surface area contributed by atoms with E-state index in [0.29, 0.717) is 24.9 Å². The maximum Gasteiger partial charge on any atom is 0.410 e. The van der Waals surface area contributed by atoms with Crippen LogP contribution in [0, 0.1) is 5.82 Å². The molecule has 2 amide bonds. The first kappa shape index (κ1) is 19.8. The smallest absolute Gasteiger partial charge is 0.410 e. The van der Waals surface area contributed by atoms with Gasteiger partial charge in [0.25, 0.3) is 0 Å². The first-order valence-corrected chi connectivity index (χ1v) is 8.45. The standard InChI is InChI=1S/C18H25FN2O5/c1-18(2,3)26-17(24)21-7-5-6-13(21)16(23)20-10-11-8-12(19)14(22)9-15(11)25-4/h8-9,13,22H,5-7,10H2,1-4H3,(H,20,23)/t13-/m0/s1. The highest BCUT2D eigenvalue weighted by atomic mass is 19.1. The van der Waals surface area contributed by atoms with E-state index in [1.807, 2.05) is 0 Å². The van der Waals surface area contributed by atoms with Crippen molar-refractivity contribution in [1.29, 1.82) is 0 Å². The van der Waals surface area contributed by atoms with E-state index in [4.69, 9.17) is 9.47 Å². The van der Waals surface area contributed by atoms with Gasteiger partial charge in [0.1, 0.15) is 17.4 Å². The summed E-state index contributed by atoms with van der Waals surface area (Å²) in [6.45, 7) is 5.76. The van der Waals surface area contributed by atoms with Crippen LogP contribution in [0.3, 0.4) is 0 Å². The molecule has 0 aliphatic carbocycles. The topological polar surface area (TPSA) is 88.1 Å². The summed E-state index contributed by atoms with van der Waals surface area (Å²) in [5.74, 6) is -1.40. The van der Waals surface area contributed by atoms with Crippen molar-refractivity contribution < 1.29 is 28.6 Å². The monoisotopic (exact) mass is 368 g/mol. The van der Waals surface area contributed by atoms with Crippen molar-refractivity contribution in [2.24, 2.45) is 0 Å². The van der Waals surface area contributed by atoms with Gasteiger partial charge in [-0.25, -0.2) is 9.18 Å². The zero-order valence-corrected chi connectivity index (χ0v) is 15.5. The second-order valence-corrected chi connectivity index (χ2v) is 7.17. The summed E-state index contributed by atoms with van der Waals surface area (Å²) in [7, 11) is 1.39. The van der Waals surface area contributed by atoms with Crippen LogP contribution in [0.1, 0.15) is 39.2 Å². The highest BCUT2D eigenvalue weighted by Gasteiger charge is 2.36. The van der Waals surface area contributed by atoms with Crippen LogP contribution in [-0.2, 0) is 16.1 Å². The molecule has 0 radical (unpaired) electrons. The fourth-order valence-corrected chi connectivity index (χ4v) is 2.79. The van der Waals surface area contributed by atoms with Crippen molar-refractivity contribution in [2.75, 3.05) is 13.7 Å². The number of nitrogens with zero attached hydrogens (tertiary/aromatic N) is 1. The zero-order chi connectivity index (χ0) is 19.5. The molecular formula is C18H25FN2O5.